The summed E-state index contributed by atoms with van der Waals surface area (Å²) in [7, 11) is 3.18. The van der Waals surface area contributed by atoms with Crippen LogP contribution in [0.2, 0.25) is 10.0 Å². The largest absolute Gasteiger partial charge is 0.495 e. The average molecular weight is 590 g/mol. The number of nitrogens with two attached hydrogens (primary N) is 2. The molecule has 0 saturated heterocycles. The Balaban J connectivity index is 1.51. The Morgan fingerprint density at radius 2 is 1.27 bits per heavy atom. The summed E-state index contributed by atoms with van der Waals surface area (Å²) in [6.07, 6.45) is 4.13. The van der Waals surface area contributed by atoms with Gasteiger partial charge in [-0.15, -0.1) is 0 Å². The molecule has 2 aromatic rings. The zero-order valence-electron chi connectivity index (χ0n) is 21.0. The third kappa shape index (κ3) is 11.8. The molecular formula is C23H34Cl2N8O2S2. The third-order valence-electron chi connectivity index (χ3n) is 4.75. The summed E-state index contributed by atoms with van der Waals surface area (Å²) in [5, 5.41) is 7.31. The van der Waals surface area contributed by atoms with Crippen LogP contribution in [-0.4, -0.2) is 73.8 Å². The Hall–Kier alpha value is -2.28. The van der Waals surface area contributed by atoms with E-state index in [1.54, 1.807) is 62.3 Å². The third-order valence-corrected chi connectivity index (χ3v) is 7.50. The van der Waals surface area contributed by atoms with Gasteiger partial charge in [0.1, 0.15) is 21.5 Å². The SMILES string of the molecule is COc1ccnc(CSCCNC(N)=NCCCN=C(N)NCCSCc2nccc(OC)c2Cl)c1Cl. The number of halogens is 2. The normalized spacial score (nSPS) is 11.9. The molecule has 0 radical (unpaired) electrons. The number of nitrogens with zero attached hydrogens (tertiary/aromatic N) is 4. The van der Waals surface area contributed by atoms with Crippen LogP contribution in [-0.2, 0) is 11.5 Å². The molecule has 0 aliphatic rings. The van der Waals surface area contributed by atoms with Gasteiger partial charge in [-0.1, -0.05) is 23.2 Å². The Kier molecular flexibility index (Phi) is 15.1. The number of ether oxygens (including phenoxy) is 2. The number of hydrogen-bond acceptors (Lipinski definition) is 8. The van der Waals surface area contributed by atoms with E-state index in [1.807, 2.05) is 0 Å². The maximum atomic E-state index is 6.26. The highest BCUT2D eigenvalue weighted by molar-refractivity contribution is 7.98. The van der Waals surface area contributed by atoms with Crippen molar-refractivity contribution in [1.29, 1.82) is 0 Å². The fourth-order valence-corrected chi connectivity index (χ4v) is 5.15. The molecule has 37 heavy (non-hydrogen) atoms. The molecule has 0 unspecified atom stereocenters. The summed E-state index contributed by atoms with van der Waals surface area (Å²) in [5.74, 6) is 5.13. The Morgan fingerprint density at radius 3 is 1.68 bits per heavy atom. The van der Waals surface area contributed by atoms with Crippen LogP contribution in [0.1, 0.15) is 17.8 Å². The van der Waals surface area contributed by atoms with Gasteiger partial charge >= 0.3 is 0 Å². The number of pyridine rings is 2. The molecule has 204 valence electrons. The smallest absolute Gasteiger partial charge is 0.188 e. The summed E-state index contributed by atoms with van der Waals surface area (Å²) in [5.41, 5.74) is 13.4. The maximum Gasteiger partial charge on any atom is 0.188 e. The van der Waals surface area contributed by atoms with Crippen molar-refractivity contribution in [3.05, 3.63) is 46.0 Å². The lowest BCUT2D eigenvalue weighted by Crippen LogP contribution is -2.34. The van der Waals surface area contributed by atoms with Gasteiger partial charge in [0, 0.05) is 73.7 Å². The van der Waals surface area contributed by atoms with E-state index in [-0.39, 0.29) is 0 Å². The molecule has 2 heterocycles. The number of guanidine groups is 2. The van der Waals surface area contributed by atoms with Gasteiger partial charge in [0.05, 0.1) is 25.6 Å². The highest BCUT2D eigenvalue weighted by Crippen LogP contribution is 2.29. The van der Waals surface area contributed by atoms with Crippen molar-refractivity contribution in [1.82, 2.24) is 20.6 Å². The molecule has 10 nitrogen and oxygen atoms in total. The van der Waals surface area contributed by atoms with Crippen LogP contribution in [0.25, 0.3) is 0 Å². The van der Waals surface area contributed by atoms with Crippen LogP contribution in [0.15, 0.2) is 34.5 Å². The van der Waals surface area contributed by atoms with E-state index < -0.39 is 0 Å². The minimum Gasteiger partial charge on any atom is -0.495 e. The standard InChI is InChI=1S/C23H34Cl2N8O2S2/c1-34-18-4-8-28-16(20(18)24)14-36-12-10-32-22(26)30-6-3-7-31-23(27)33-11-13-37-15-17-21(25)19(35-2)5-9-29-17/h4-5,8-9H,3,6-7,10-15H2,1-2H3,(H3,26,30,32)(H3,27,31,33). The quantitative estimate of drug-likeness (QED) is 0.131. The van der Waals surface area contributed by atoms with Crippen LogP contribution in [0.3, 0.4) is 0 Å². The Morgan fingerprint density at radius 1 is 0.838 bits per heavy atom. The van der Waals surface area contributed by atoms with E-state index in [0.717, 1.165) is 29.3 Å². The van der Waals surface area contributed by atoms with Gasteiger partial charge in [-0.05, 0) is 6.42 Å². The van der Waals surface area contributed by atoms with Crippen molar-refractivity contribution in [3.8, 4) is 11.5 Å². The van der Waals surface area contributed by atoms with Crippen LogP contribution in [0.4, 0.5) is 0 Å². The van der Waals surface area contributed by atoms with Crippen LogP contribution in [0, 0.1) is 0 Å². The predicted molar refractivity (Wildman–Crippen MR) is 158 cm³/mol. The predicted octanol–water partition coefficient (Wildman–Crippen LogP) is 3.17. The van der Waals surface area contributed by atoms with Gasteiger partial charge in [0.25, 0.3) is 0 Å². The highest BCUT2D eigenvalue weighted by Gasteiger charge is 2.08. The first-order valence-corrected chi connectivity index (χ1v) is 14.6. The molecule has 2 rings (SSSR count). The highest BCUT2D eigenvalue weighted by atomic mass is 35.5. The molecule has 0 fully saturated rings. The first kappa shape index (κ1) is 30.9. The van der Waals surface area contributed by atoms with Gasteiger partial charge in [0.15, 0.2) is 11.9 Å². The van der Waals surface area contributed by atoms with Crippen LogP contribution in [0.5, 0.6) is 11.5 Å². The molecule has 0 amide bonds. The van der Waals surface area contributed by atoms with Gasteiger partial charge in [-0.3, -0.25) is 20.0 Å². The fourth-order valence-electron chi connectivity index (χ4n) is 2.87. The molecule has 0 aliphatic heterocycles. The second-order valence-electron chi connectivity index (χ2n) is 7.39. The molecule has 0 atom stereocenters. The number of hydrogen-bond donors (Lipinski definition) is 4. The van der Waals surface area contributed by atoms with Gasteiger partial charge in [0.2, 0.25) is 0 Å². The molecule has 6 N–H and O–H groups in total. The first-order valence-electron chi connectivity index (χ1n) is 11.5. The molecular weight excluding hydrogens is 555 g/mol. The van der Waals surface area contributed by atoms with Crippen molar-refractivity contribution < 1.29 is 9.47 Å². The summed E-state index contributed by atoms with van der Waals surface area (Å²) < 4.78 is 10.4. The van der Waals surface area contributed by atoms with E-state index in [4.69, 9.17) is 44.1 Å². The van der Waals surface area contributed by atoms with E-state index in [2.05, 4.69) is 30.6 Å². The second-order valence-corrected chi connectivity index (χ2v) is 10.4. The number of aromatic nitrogens is 2. The van der Waals surface area contributed by atoms with Crippen molar-refractivity contribution in [2.24, 2.45) is 21.5 Å². The Bertz CT molecular complexity index is 951. The molecule has 0 spiro atoms. The van der Waals surface area contributed by atoms with E-state index in [9.17, 15) is 0 Å². The van der Waals surface area contributed by atoms with Crippen molar-refractivity contribution >= 4 is 58.6 Å². The number of methoxy groups -OCH3 is 2. The van der Waals surface area contributed by atoms with E-state index >= 15 is 0 Å². The summed E-state index contributed by atoms with van der Waals surface area (Å²) in [6.45, 7) is 2.51. The minimum absolute atomic E-state index is 0.413. The van der Waals surface area contributed by atoms with Crippen LogP contribution >= 0.6 is 46.7 Å². The summed E-state index contributed by atoms with van der Waals surface area (Å²) in [4.78, 5) is 17.2. The number of aliphatic imine (C=N–C) groups is 2. The van der Waals surface area contributed by atoms with Crippen molar-refractivity contribution in [3.63, 3.8) is 0 Å². The molecule has 0 aromatic carbocycles. The van der Waals surface area contributed by atoms with Crippen molar-refractivity contribution in [2.75, 3.05) is 51.9 Å². The zero-order valence-corrected chi connectivity index (χ0v) is 24.2. The van der Waals surface area contributed by atoms with Gasteiger partial charge in [-0.25, -0.2) is 0 Å². The van der Waals surface area contributed by atoms with Gasteiger partial charge < -0.3 is 31.6 Å². The second kappa shape index (κ2) is 18.1. The number of nitrogens with one attached hydrogen (secondary N) is 2. The maximum absolute atomic E-state index is 6.26. The summed E-state index contributed by atoms with van der Waals surface area (Å²) in [6, 6.07) is 3.48. The van der Waals surface area contributed by atoms with E-state index in [1.165, 1.54) is 0 Å². The fraction of sp³-hybridized carbons (Fsp3) is 0.478. The Labute approximate surface area is 236 Å². The average Bonchev–Trinajstić information content (AvgIpc) is 2.89. The molecule has 14 heteroatoms. The summed E-state index contributed by atoms with van der Waals surface area (Å²) >= 11 is 15.9. The first-order chi connectivity index (χ1) is 18.0. The molecule has 0 aliphatic carbocycles. The lowest BCUT2D eigenvalue weighted by molar-refractivity contribution is 0.414. The molecule has 0 saturated carbocycles. The number of thioether (sulfide) groups is 2. The molecule has 0 bridgehead atoms. The van der Waals surface area contributed by atoms with Crippen LogP contribution < -0.4 is 31.6 Å². The monoisotopic (exact) mass is 588 g/mol. The van der Waals surface area contributed by atoms with Crippen molar-refractivity contribution in [2.45, 2.75) is 17.9 Å². The van der Waals surface area contributed by atoms with E-state index in [0.29, 0.717) is 71.1 Å². The van der Waals surface area contributed by atoms with Gasteiger partial charge in [-0.2, -0.15) is 23.5 Å². The topological polar surface area (TPSA) is 145 Å². The lowest BCUT2D eigenvalue weighted by atomic mass is 10.3. The molecule has 2 aromatic heterocycles. The zero-order chi connectivity index (χ0) is 26.9. The lowest BCUT2D eigenvalue weighted by Gasteiger charge is -2.08. The number of rotatable bonds is 16. The minimum atomic E-state index is 0.413.